The zero-order valence-corrected chi connectivity index (χ0v) is 20.9. The first-order valence-electron chi connectivity index (χ1n) is 12.5. The minimum absolute atomic E-state index is 0.109. The molecule has 5 N–H and O–H groups in total. The molecule has 200 valence electrons. The number of nitrogens with zero attached hydrogens (tertiary/aromatic N) is 3. The van der Waals surface area contributed by atoms with Gasteiger partial charge in [0.1, 0.15) is 5.02 Å². The van der Waals surface area contributed by atoms with Crippen LogP contribution in [-0.4, -0.2) is 63.8 Å². The zero-order valence-electron chi connectivity index (χ0n) is 20.1. The molecule has 1 aromatic carbocycles. The van der Waals surface area contributed by atoms with Crippen LogP contribution in [0, 0.1) is 17.8 Å². The van der Waals surface area contributed by atoms with Gasteiger partial charge in [0.25, 0.3) is 0 Å². The van der Waals surface area contributed by atoms with E-state index in [1.54, 1.807) is 4.90 Å². The van der Waals surface area contributed by atoms with Crippen molar-refractivity contribution in [2.45, 2.75) is 50.4 Å². The summed E-state index contributed by atoms with van der Waals surface area (Å²) in [7, 11) is 0. The monoisotopic (exact) mass is 538 g/mol. The first-order valence-corrected chi connectivity index (χ1v) is 12.9. The number of halogens is 4. The Balaban J connectivity index is 1.26. The van der Waals surface area contributed by atoms with Gasteiger partial charge >= 0.3 is 6.18 Å². The number of aliphatic hydroxyl groups is 1. The van der Waals surface area contributed by atoms with Crippen LogP contribution in [0.25, 0.3) is 0 Å². The third-order valence-electron chi connectivity index (χ3n) is 7.96. The van der Waals surface area contributed by atoms with Gasteiger partial charge in [0.2, 0.25) is 11.9 Å². The number of nitrogens with one attached hydrogen (secondary N) is 2. The van der Waals surface area contributed by atoms with Crippen molar-refractivity contribution in [2.24, 2.45) is 23.5 Å². The predicted molar refractivity (Wildman–Crippen MR) is 134 cm³/mol. The Morgan fingerprint density at radius 1 is 1.22 bits per heavy atom. The normalized spacial score (nSPS) is 26.4. The molecule has 2 fully saturated rings. The van der Waals surface area contributed by atoms with Gasteiger partial charge in [-0.3, -0.25) is 9.69 Å². The molecule has 8 nitrogen and oxygen atoms in total. The maximum atomic E-state index is 12.8. The van der Waals surface area contributed by atoms with Gasteiger partial charge in [0.15, 0.2) is 11.9 Å². The fourth-order valence-electron chi connectivity index (χ4n) is 6.10. The number of rotatable bonds is 7. The first-order chi connectivity index (χ1) is 17.6. The van der Waals surface area contributed by atoms with Crippen molar-refractivity contribution in [3.63, 3.8) is 0 Å². The number of aromatic nitrogens is 2. The fraction of sp³-hybridized carbons (Fsp3) is 0.560. The summed E-state index contributed by atoms with van der Waals surface area (Å²) < 4.78 is 38.3. The van der Waals surface area contributed by atoms with Crippen molar-refractivity contribution in [1.82, 2.24) is 14.9 Å². The van der Waals surface area contributed by atoms with Crippen LogP contribution in [0.5, 0.6) is 0 Å². The van der Waals surface area contributed by atoms with E-state index in [9.17, 15) is 23.1 Å². The Morgan fingerprint density at radius 3 is 2.68 bits per heavy atom. The van der Waals surface area contributed by atoms with Crippen molar-refractivity contribution >= 4 is 35.0 Å². The highest BCUT2D eigenvalue weighted by molar-refractivity contribution is 6.32. The van der Waals surface area contributed by atoms with E-state index in [4.69, 9.17) is 17.3 Å². The van der Waals surface area contributed by atoms with E-state index in [1.165, 1.54) is 6.20 Å². The van der Waals surface area contributed by atoms with Gasteiger partial charge < -0.3 is 21.5 Å². The van der Waals surface area contributed by atoms with E-state index < -0.39 is 18.8 Å². The molecular weight excluding hydrogens is 509 g/mol. The molecule has 0 saturated heterocycles. The lowest BCUT2D eigenvalue weighted by Gasteiger charge is -2.30. The van der Waals surface area contributed by atoms with E-state index in [0.717, 1.165) is 36.1 Å². The largest absolute Gasteiger partial charge is 0.415 e. The summed E-state index contributed by atoms with van der Waals surface area (Å²) in [6, 6.07) is 5.66. The number of hydrogen-bond donors (Lipinski definition) is 4. The van der Waals surface area contributed by atoms with Crippen LogP contribution in [0.1, 0.15) is 30.4 Å². The van der Waals surface area contributed by atoms with Crippen molar-refractivity contribution in [2.75, 3.05) is 30.3 Å². The molecule has 2 saturated carbocycles. The van der Waals surface area contributed by atoms with Crippen LogP contribution in [0.4, 0.5) is 30.6 Å². The highest BCUT2D eigenvalue weighted by Crippen LogP contribution is 2.49. The van der Waals surface area contributed by atoms with Crippen molar-refractivity contribution in [3.8, 4) is 0 Å². The molecule has 3 aliphatic rings. The summed E-state index contributed by atoms with van der Waals surface area (Å²) >= 11 is 6.37. The zero-order chi connectivity index (χ0) is 26.3. The average Bonchev–Trinajstić information content (AvgIpc) is 3.38. The number of carbonyl (C=O) groups is 1. The number of fused-ring (bicyclic) bond motifs is 3. The van der Waals surface area contributed by atoms with E-state index in [1.807, 2.05) is 18.2 Å². The highest BCUT2D eigenvalue weighted by atomic mass is 35.5. The molecule has 2 aliphatic carbocycles. The Morgan fingerprint density at radius 2 is 1.95 bits per heavy atom. The van der Waals surface area contributed by atoms with Gasteiger partial charge in [0.05, 0.1) is 12.1 Å². The quantitative estimate of drug-likeness (QED) is 0.426. The van der Waals surface area contributed by atoms with Crippen LogP contribution in [-0.2, 0) is 17.6 Å². The topological polar surface area (TPSA) is 116 Å². The standard InChI is InChI=1S/C25H30ClF3N6O2/c26-18-11-31-24(34-23(18)33-21-16-2-1-15(9-16)20(21)22(30)37)32-17-4-3-13-5-7-35(8-6-14(13)10-17)12-19(36)25(27,28)29/h3-4,10-11,15-16,19-21,36H,1-2,5-9,12H2,(H2,30,37)(H2,31,32,33,34)/t15-,16+,19-,20+,21-/m0/s1. The number of alkyl halides is 3. The third-order valence-corrected chi connectivity index (χ3v) is 8.24. The molecule has 37 heavy (non-hydrogen) atoms. The first kappa shape index (κ1) is 26.0. The van der Waals surface area contributed by atoms with Gasteiger partial charge in [-0.15, -0.1) is 0 Å². The summed E-state index contributed by atoms with van der Waals surface area (Å²) in [6.07, 6.45) is -1.30. The van der Waals surface area contributed by atoms with Gasteiger partial charge in [0, 0.05) is 31.4 Å². The second-order valence-corrected chi connectivity index (χ2v) is 10.7. The molecule has 0 spiro atoms. The summed E-state index contributed by atoms with van der Waals surface area (Å²) in [6.45, 7) is 0.424. The van der Waals surface area contributed by atoms with Gasteiger partial charge in [-0.05, 0) is 67.2 Å². The fourth-order valence-corrected chi connectivity index (χ4v) is 6.25. The van der Waals surface area contributed by atoms with Crippen LogP contribution in [0.2, 0.25) is 5.02 Å². The van der Waals surface area contributed by atoms with E-state index in [-0.39, 0.29) is 17.9 Å². The summed E-state index contributed by atoms with van der Waals surface area (Å²) in [5, 5.41) is 16.3. The summed E-state index contributed by atoms with van der Waals surface area (Å²) in [4.78, 5) is 22.5. The van der Waals surface area contributed by atoms with Crippen LogP contribution in [0.3, 0.4) is 0 Å². The Kier molecular flexibility index (Phi) is 7.21. The molecule has 1 amide bonds. The second kappa shape index (κ2) is 10.3. The SMILES string of the molecule is NC(=O)[C@@H]1[C@H]2CC[C@H](C2)[C@@H]1Nc1nc(Nc2ccc3c(c2)CCN(C[C@H](O)C(F)(F)F)CC3)ncc1Cl. The van der Waals surface area contributed by atoms with Crippen molar-refractivity contribution in [3.05, 3.63) is 40.5 Å². The number of hydrogen-bond acceptors (Lipinski definition) is 7. The Labute approximate surface area is 217 Å². The maximum Gasteiger partial charge on any atom is 0.415 e. The van der Waals surface area contributed by atoms with E-state index in [0.29, 0.717) is 54.6 Å². The Hall–Kier alpha value is -2.63. The number of anilines is 3. The number of primary amides is 1. The lowest BCUT2D eigenvalue weighted by Crippen LogP contribution is -2.42. The van der Waals surface area contributed by atoms with E-state index >= 15 is 0 Å². The number of nitrogens with two attached hydrogens (primary N) is 1. The molecule has 12 heteroatoms. The number of benzene rings is 1. The molecular formula is C25H30ClF3N6O2. The van der Waals surface area contributed by atoms with Gasteiger partial charge in [-0.2, -0.15) is 18.2 Å². The molecule has 0 radical (unpaired) electrons. The number of aliphatic hydroxyl groups excluding tert-OH is 1. The van der Waals surface area contributed by atoms with Gasteiger partial charge in [-0.1, -0.05) is 17.7 Å². The number of amides is 1. The molecule has 2 heterocycles. The molecule has 5 atom stereocenters. The van der Waals surface area contributed by atoms with Crippen LogP contribution < -0.4 is 16.4 Å². The molecule has 5 rings (SSSR count). The minimum Gasteiger partial charge on any atom is -0.382 e. The summed E-state index contributed by atoms with van der Waals surface area (Å²) in [5.41, 5.74) is 8.51. The summed E-state index contributed by atoms with van der Waals surface area (Å²) in [5.74, 6) is 0.870. The van der Waals surface area contributed by atoms with Crippen LogP contribution >= 0.6 is 11.6 Å². The number of β-amino-alcohol motifs (C(OH)–C–C–N with tert-alkyl or cyclic N) is 1. The maximum absolute atomic E-state index is 12.8. The molecule has 2 bridgehead atoms. The smallest absolute Gasteiger partial charge is 0.382 e. The Bertz CT molecular complexity index is 1170. The highest BCUT2D eigenvalue weighted by Gasteiger charge is 2.50. The molecule has 1 aliphatic heterocycles. The van der Waals surface area contributed by atoms with Crippen LogP contribution in [0.15, 0.2) is 24.4 Å². The number of carbonyl (C=O) groups excluding carboxylic acids is 1. The molecule has 1 aromatic heterocycles. The van der Waals surface area contributed by atoms with Crippen molar-refractivity contribution in [1.29, 1.82) is 0 Å². The second-order valence-electron chi connectivity index (χ2n) is 10.3. The lowest BCUT2D eigenvalue weighted by molar-refractivity contribution is -0.208. The van der Waals surface area contributed by atoms with Crippen molar-refractivity contribution < 1.29 is 23.1 Å². The minimum atomic E-state index is -4.62. The third kappa shape index (κ3) is 5.63. The average molecular weight is 539 g/mol. The molecule has 0 unspecified atom stereocenters. The lowest BCUT2D eigenvalue weighted by atomic mass is 9.84. The predicted octanol–water partition coefficient (Wildman–Crippen LogP) is 3.51. The van der Waals surface area contributed by atoms with E-state index in [2.05, 4.69) is 20.6 Å². The van der Waals surface area contributed by atoms with Gasteiger partial charge in [-0.25, -0.2) is 4.98 Å². The molecule has 2 aromatic rings.